The van der Waals surface area contributed by atoms with Gasteiger partial charge in [-0.25, -0.2) is 4.39 Å². The monoisotopic (exact) mass is 206 g/mol. The van der Waals surface area contributed by atoms with E-state index < -0.39 is 0 Å². The summed E-state index contributed by atoms with van der Waals surface area (Å²) in [6.07, 6.45) is 0. The Hall–Kier alpha value is -1.34. The summed E-state index contributed by atoms with van der Waals surface area (Å²) in [5, 5.41) is 0.547. The maximum absolute atomic E-state index is 13.4. The molecule has 0 amide bonds. The van der Waals surface area contributed by atoms with Gasteiger partial charge in [0, 0.05) is 10.6 Å². The van der Waals surface area contributed by atoms with Crippen molar-refractivity contribution >= 4 is 11.6 Å². The molecule has 0 nitrogen and oxygen atoms in total. The van der Waals surface area contributed by atoms with Crippen molar-refractivity contribution in [1.29, 1.82) is 0 Å². The standard InChI is InChI=1S/C12H8ClF/c13-10-6-7-12(14)11(8-10)9-4-2-1-3-5-9/h1-8H. The second-order valence-electron chi connectivity index (χ2n) is 2.99. The first kappa shape index (κ1) is 9.22. The van der Waals surface area contributed by atoms with E-state index >= 15 is 0 Å². The highest BCUT2D eigenvalue weighted by molar-refractivity contribution is 6.30. The van der Waals surface area contributed by atoms with E-state index in [1.807, 2.05) is 30.3 Å². The minimum Gasteiger partial charge on any atom is -0.206 e. The van der Waals surface area contributed by atoms with Crippen LogP contribution in [0.3, 0.4) is 0 Å². The fraction of sp³-hybridized carbons (Fsp3) is 0. The van der Waals surface area contributed by atoms with Crippen LogP contribution in [0.1, 0.15) is 0 Å². The van der Waals surface area contributed by atoms with Gasteiger partial charge in [0.15, 0.2) is 0 Å². The molecule has 0 saturated heterocycles. The molecule has 0 radical (unpaired) electrons. The molecule has 0 unspecified atom stereocenters. The Balaban J connectivity index is 2.57. The minimum atomic E-state index is -0.249. The number of hydrogen-bond donors (Lipinski definition) is 0. The molecule has 0 saturated carbocycles. The fourth-order valence-electron chi connectivity index (χ4n) is 1.34. The van der Waals surface area contributed by atoms with E-state index in [0.29, 0.717) is 10.6 Å². The first-order valence-electron chi connectivity index (χ1n) is 4.28. The first-order valence-corrected chi connectivity index (χ1v) is 4.65. The average Bonchev–Trinajstić information content (AvgIpc) is 2.23. The lowest BCUT2D eigenvalue weighted by Gasteiger charge is -2.03. The topological polar surface area (TPSA) is 0 Å². The third-order valence-corrected chi connectivity index (χ3v) is 2.25. The molecular weight excluding hydrogens is 199 g/mol. The summed E-state index contributed by atoms with van der Waals surface area (Å²) in [7, 11) is 0. The van der Waals surface area contributed by atoms with Crippen molar-refractivity contribution in [1.82, 2.24) is 0 Å². The van der Waals surface area contributed by atoms with Gasteiger partial charge in [-0.1, -0.05) is 41.9 Å². The molecule has 0 bridgehead atoms. The van der Waals surface area contributed by atoms with Gasteiger partial charge in [-0.3, -0.25) is 0 Å². The Morgan fingerprint density at radius 2 is 1.64 bits per heavy atom. The molecule has 0 atom stereocenters. The van der Waals surface area contributed by atoms with E-state index in [9.17, 15) is 4.39 Å². The fourth-order valence-corrected chi connectivity index (χ4v) is 1.51. The molecule has 0 aliphatic heterocycles. The van der Waals surface area contributed by atoms with Crippen molar-refractivity contribution in [3.63, 3.8) is 0 Å². The van der Waals surface area contributed by atoms with Crippen LogP contribution in [0.2, 0.25) is 5.02 Å². The van der Waals surface area contributed by atoms with E-state index in [0.717, 1.165) is 5.56 Å². The Morgan fingerprint density at radius 3 is 2.36 bits per heavy atom. The highest BCUT2D eigenvalue weighted by Gasteiger charge is 2.04. The van der Waals surface area contributed by atoms with Crippen LogP contribution >= 0.6 is 11.6 Å². The van der Waals surface area contributed by atoms with Crippen molar-refractivity contribution in [3.8, 4) is 11.1 Å². The maximum atomic E-state index is 13.4. The Morgan fingerprint density at radius 1 is 0.929 bits per heavy atom. The Labute approximate surface area is 87.0 Å². The molecule has 2 aromatic carbocycles. The second kappa shape index (κ2) is 3.81. The summed E-state index contributed by atoms with van der Waals surface area (Å²) in [5.74, 6) is -0.249. The summed E-state index contributed by atoms with van der Waals surface area (Å²) in [6, 6.07) is 13.9. The third-order valence-electron chi connectivity index (χ3n) is 2.01. The molecule has 0 aliphatic carbocycles. The van der Waals surface area contributed by atoms with Crippen LogP contribution in [0, 0.1) is 5.82 Å². The van der Waals surface area contributed by atoms with Gasteiger partial charge < -0.3 is 0 Å². The van der Waals surface area contributed by atoms with Gasteiger partial charge in [0.1, 0.15) is 5.82 Å². The van der Waals surface area contributed by atoms with Crippen LogP contribution in [0.5, 0.6) is 0 Å². The van der Waals surface area contributed by atoms with Crippen molar-refractivity contribution in [2.75, 3.05) is 0 Å². The number of rotatable bonds is 1. The van der Waals surface area contributed by atoms with Crippen molar-refractivity contribution in [2.45, 2.75) is 0 Å². The summed E-state index contributed by atoms with van der Waals surface area (Å²) >= 11 is 5.80. The van der Waals surface area contributed by atoms with Crippen molar-refractivity contribution < 1.29 is 4.39 Å². The zero-order valence-corrected chi connectivity index (χ0v) is 8.13. The minimum absolute atomic E-state index is 0.249. The molecule has 0 heterocycles. The van der Waals surface area contributed by atoms with Gasteiger partial charge >= 0.3 is 0 Å². The van der Waals surface area contributed by atoms with E-state index in [1.165, 1.54) is 6.07 Å². The van der Waals surface area contributed by atoms with Crippen LogP contribution in [0.4, 0.5) is 4.39 Å². The van der Waals surface area contributed by atoms with E-state index in [-0.39, 0.29) is 5.82 Å². The van der Waals surface area contributed by atoms with Gasteiger partial charge in [-0.2, -0.15) is 0 Å². The van der Waals surface area contributed by atoms with Crippen LogP contribution in [0.15, 0.2) is 48.5 Å². The summed E-state index contributed by atoms with van der Waals surface area (Å²) in [6.45, 7) is 0. The van der Waals surface area contributed by atoms with E-state index in [1.54, 1.807) is 12.1 Å². The number of benzene rings is 2. The predicted octanol–water partition coefficient (Wildman–Crippen LogP) is 4.15. The molecule has 2 aromatic rings. The third kappa shape index (κ3) is 1.78. The molecule has 0 aliphatic rings. The molecule has 70 valence electrons. The molecule has 14 heavy (non-hydrogen) atoms. The van der Waals surface area contributed by atoms with Gasteiger partial charge in [-0.15, -0.1) is 0 Å². The highest BCUT2D eigenvalue weighted by Crippen LogP contribution is 2.25. The highest BCUT2D eigenvalue weighted by atomic mass is 35.5. The quantitative estimate of drug-likeness (QED) is 0.658. The number of hydrogen-bond acceptors (Lipinski definition) is 0. The average molecular weight is 207 g/mol. The predicted molar refractivity (Wildman–Crippen MR) is 56.8 cm³/mol. The summed E-state index contributed by atoms with van der Waals surface area (Å²) < 4.78 is 13.4. The zero-order valence-electron chi connectivity index (χ0n) is 7.37. The zero-order chi connectivity index (χ0) is 9.97. The van der Waals surface area contributed by atoms with Gasteiger partial charge in [0.05, 0.1) is 0 Å². The van der Waals surface area contributed by atoms with E-state index in [4.69, 9.17) is 11.6 Å². The van der Waals surface area contributed by atoms with Crippen LogP contribution in [-0.2, 0) is 0 Å². The Kier molecular flexibility index (Phi) is 2.51. The largest absolute Gasteiger partial charge is 0.206 e. The SMILES string of the molecule is Fc1ccc(Cl)cc1-c1ccccc1. The van der Waals surface area contributed by atoms with Gasteiger partial charge in [0.2, 0.25) is 0 Å². The normalized spacial score (nSPS) is 10.1. The van der Waals surface area contributed by atoms with Crippen molar-refractivity contribution in [2.24, 2.45) is 0 Å². The van der Waals surface area contributed by atoms with E-state index in [2.05, 4.69) is 0 Å². The number of halogens is 2. The summed E-state index contributed by atoms with van der Waals surface area (Å²) in [4.78, 5) is 0. The molecule has 2 rings (SSSR count). The lowest BCUT2D eigenvalue weighted by Crippen LogP contribution is -1.83. The van der Waals surface area contributed by atoms with Crippen LogP contribution in [0.25, 0.3) is 11.1 Å². The molecular formula is C12H8ClF. The molecule has 0 fully saturated rings. The smallest absolute Gasteiger partial charge is 0.131 e. The maximum Gasteiger partial charge on any atom is 0.131 e. The van der Waals surface area contributed by atoms with Crippen LogP contribution < -0.4 is 0 Å². The van der Waals surface area contributed by atoms with Gasteiger partial charge in [-0.05, 0) is 23.8 Å². The van der Waals surface area contributed by atoms with Crippen LogP contribution in [-0.4, -0.2) is 0 Å². The van der Waals surface area contributed by atoms with Crippen molar-refractivity contribution in [3.05, 3.63) is 59.4 Å². The molecule has 0 aromatic heterocycles. The lowest BCUT2D eigenvalue weighted by atomic mass is 10.1. The lowest BCUT2D eigenvalue weighted by molar-refractivity contribution is 0.631. The first-order chi connectivity index (χ1) is 6.77. The summed E-state index contributed by atoms with van der Waals surface area (Å²) in [5.41, 5.74) is 1.38. The molecule has 2 heteroatoms. The molecule has 0 N–H and O–H groups in total. The van der Waals surface area contributed by atoms with Gasteiger partial charge in [0.25, 0.3) is 0 Å². The second-order valence-corrected chi connectivity index (χ2v) is 3.43. The molecule has 0 spiro atoms. The Bertz CT molecular complexity index is 437.